The minimum absolute atomic E-state index is 0.0109. The lowest BCUT2D eigenvalue weighted by molar-refractivity contribution is 0.629. The Morgan fingerprint density at radius 2 is 1.83 bits per heavy atom. The number of rotatable bonds is 2. The number of anilines is 3. The highest BCUT2D eigenvalue weighted by molar-refractivity contribution is 9.10. The van der Waals surface area contributed by atoms with Crippen molar-refractivity contribution in [1.82, 2.24) is 0 Å². The number of hydrogen-bond acceptors (Lipinski definition) is 2. The molecule has 18 heavy (non-hydrogen) atoms. The van der Waals surface area contributed by atoms with Crippen LogP contribution in [-0.2, 0) is 0 Å². The Morgan fingerprint density at radius 3 is 2.50 bits per heavy atom. The molecular weight excluding hydrogens is 342 g/mol. The van der Waals surface area contributed by atoms with Crippen LogP contribution in [0.25, 0.3) is 0 Å². The quantitative estimate of drug-likeness (QED) is 0.729. The molecule has 2 aromatic carbocycles. The zero-order chi connectivity index (χ0) is 13.3. The molecule has 0 bridgehead atoms. The van der Waals surface area contributed by atoms with Crippen molar-refractivity contribution in [2.24, 2.45) is 0 Å². The van der Waals surface area contributed by atoms with Crippen LogP contribution < -0.4 is 11.1 Å². The zero-order valence-corrected chi connectivity index (χ0v) is 12.1. The standard InChI is InChI=1S/C12H8BrCl2FN2/c13-7-3-6(14)1-2-11(7)18-12-4-8(15)9(16)5-10(12)17/h1-5,18H,17H2. The molecule has 94 valence electrons. The van der Waals surface area contributed by atoms with Gasteiger partial charge in [-0.25, -0.2) is 4.39 Å². The van der Waals surface area contributed by atoms with Crippen LogP contribution in [0.1, 0.15) is 0 Å². The summed E-state index contributed by atoms with van der Waals surface area (Å²) in [5, 5.41) is 3.67. The normalized spacial score (nSPS) is 10.4. The molecule has 0 saturated heterocycles. The summed E-state index contributed by atoms with van der Waals surface area (Å²) < 4.78 is 13.9. The third-order valence-corrected chi connectivity index (χ3v) is 3.47. The average Bonchev–Trinajstić information content (AvgIpc) is 2.29. The van der Waals surface area contributed by atoms with E-state index in [0.717, 1.165) is 10.2 Å². The van der Waals surface area contributed by atoms with Crippen molar-refractivity contribution in [2.45, 2.75) is 0 Å². The third kappa shape index (κ3) is 2.88. The molecule has 2 aromatic rings. The molecule has 0 unspecified atom stereocenters. The summed E-state index contributed by atoms with van der Waals surface area (Å²) in [6, 6.07) is 7.87. The van der Waals surface area contributed by atoms with E-state index < -0.39 is 5.82 Å². The summed E-state index contributed by atoms with van der Waals surface area (Å²) in [5.74, 6) is -0.546. The van der Waals surface area contributed by atoms with Crippen molar-refractivity contribution in [3.05, 3.63) is 50.7 Å². The molecule has 0 aliphatic carbocycles. The first-order chi connectivity index (χ1) is 8.47. The summed E-state index contributed by atoms with van der Waals surface area (Å²) in [5.41, 5.74) is 7.28. The molecule has 0 spiro atoms. The predicted molar refractivity (Wildman–Crippen MR) is 78.3 cm³/mol. The highest BCUT2D eigenvalue weighted by Gasteiger charge is 2.08. The fraction of sp³-hybridized carbons (Fsp3) is 0. The van der Waals surface area contributed by atoms with Gasteiger partial charge in [-0.1, -0.05) is 23.2 Å². The largest absolute Gasteiger partial charge is 0.397 e. The van der Waals surface area contributed by atoms with Crippen LogP contribution in [0.2, 0.25) is 10.0 Å². The molecule has 0 radical (unpaired) electrons. The van der Waals surface area contributed by atoms with E-state index in [9.17, 15) is 4.39 Å². The number of nitrogens with two attached hydrogens (primary N) is 1. The van der Waals surface area contributed by atoms with Gasteiger partial charge in [0.25, 0.3) is 0 Å². The summed E-state index contributed by atoms with van der Waals surface area (Å²) in [7, 11) is 0. The minimum atomic E-state index is -0.546. The second-order valence-corrected chi connectivity index (χ2v) is 5.30. The molecule has 0 saturated carbocycles. The van der Waals surface area contributed by atoms with Crippen molar-refractivity contribution in [2.75, 3.05) is 11.1 Å². The lowest BCUT2D eigenvalue weighted by Crippen LogP contribution is -1.98. The lowest BCUT2D eigenvalue weighted by atomic mass is 10.2. The molecule has 2 rings (SSSR count). The topological polar surface area (TPSA) is 38.0 Å². The van der Waals surface area contributed by atoms with Crippen molar-refractivity contribution < 1.29 is 4.39 Å². The molecule has 0 aliphatic rings. The maximum atomic E-state index is 13.2. The van der Waals surface area contributed by atoms with Crippen molar-refractivity contribution in [3.8, 4) is 0 Å². The summed E-state index contributed by atoms with van der Waals surface area (Å²) in [6.07, 6.45) is 0. The molecule has 3 N–H and O–H groups in total. The first-order valence-electron chi connectivity index (χ1n) is 4.94. The average molecular weight is 350 g/mol. The van der Waals surface area contributed by atoms with Crippen LogP contribution in [0.4, 0.5) is 21.5 Å². The Hall–Kier alpha value is -0.970. The Labute approximate surface area is 122 Å². The Bertz CT molecular complexity index is 605. The van der Waals surface area contributed by atoms with Crippen molar-refractivity contribution in [3.63, 3.8) is 0 Å². The first-order valence-corrected chi connectivity index (χ1v) is 6.49. The molecule has 2 nitrogen and oxygen atoms in total. The highest BCUT2D eigenvalue weighted by atomic mass is 79.9. The van der Waals surface area contributed by atoms with Gasteiger partial charge in [0.15, 0.2) is 0 Å². The lowest BCUT2D eigenvalue weighted by Gasteiger charge is -2.12. The van der Waals surface area contributed by atoms with Crippen LogP contribution in [0.15, 0.2) is 34.8 Å². The van der Waals surface area contributed by atoms with E-state index in [4.69, 9.17) is 28.9 Å². The SMILES string of the molecule is Nc1cc(F)c(Cl)cc1Nc1ccc(Cl)cc1Br. The monoisotopic (exact) mass is 348 g/mol. The Morgan fingerprint density at radius 1 is 1.11 bits per heavy atom. The summed E-state index contributed by atoms with van der Waals surface area (Å²) in [4.78, 5) is 0. The van der Waals surface area contributed by atoms with E-state index in [1.807, 2.05) is 0 Å². The molecule has 0 heterocycles. The van der Waals surface area contributed by atoms with E-state index in [1.165, 1.54) is 12.1 Å². The summed E-state index contributed by atoms with van der Waals surface area (Å²) in [6.45, 7) is 0. The molecule has 6 heteroatoms. The van der Waals surface area contributed by atoms with Gasteiger partial charge in [-0.3, -0.25) is 0 Å². The van der Waals surface area contributed by atoms with E-state index >= 15 is 0 Å². The van der Waals surface area contributed by atoms with Gasteiger partial charge in [-0.15, -0.1) is 0 Å². The number of hydrogen-bond donors (Lipinski definition) is 2. The third-order valence-electron chi connectivity index (χ3n) is 2.29. The van der Waals surface area contributed by atoms with Crippen LogP contribution in [0.5, 0.6) is 0 Å². The first kappa shape index (κ1) is 13.5. The van der Waals surface area contributed by atoms with E-state index in [-0.39, 0.29) is 10.7 Å². The van der Waals surface area contributed by atoms with Gasteiger partial charge in [0, 0.05) is 15.6 Å². The van der Waals surface area contributed by atoms with E-state index in [2.05, 4.69) is 21.2 Å². The van der Waals surface area contributed by atoms with Gasteiger partial charge in [-0.05, 0) is 40.2 Å². The molecule has 0 atom stereocenters. The molecular formula is C12H8BrCl2FN2. The van der Waals surface area contributed by atoms with Gasteiger partial charge in [-0.2, -0.15) is 0 Å². The molecule has 0 aliphatic heterocycles. The fourth-order valence-corrected chi connectivity index (χ4v) is 2.35. The second kappa shape index (κ2) is 5.34. The molecule has 0 aromatic heterocycles. The fourth-order valence-electron chi connectivity index (χ4n) is 1.41. The van der Waals surface area contributed by atoms with Crippen LogP contribution in [0, 0.1) is 5.82 Å². The van der Waals surface area contributed by atoms with Gasteiger partial charge < -0.3 is 11.1 Å². The van der Waals surface area contributed by atoms with Gasteiger partial charge in [0.1, 0.15) is 5.82 Å². The predicted octanol–water partition coefficient (Wildman–Crippen LogP) is 5.22. The Balaban J connectivity index is 2.37. The van der Waals surface area contributed by atoms with Crippen LogP contribution in [-0.4, -0.2) is 0 Å². The second-order valence-electron chi connectivity index (χ2n) is 3.60. The summed E-state index contributed by atoms with van der Waals surface area (Å²) >= 11 is 14.9. The van der Waals surface area contributed by atoms with Crippen LogP contribution >= 0.6 is 39.1 Å². The number of nitrogen functional groups attached to an aromatic ring is 1. The maximum Gasteiger partial charge on any atom is 0.143 e. The number of halogens is 4. The van der Waals surface area contributed by atoms with Gasteiger partial charge in [0.2, 0.25) is 0 Å². The number of nitrogens with one attached hydrogen (secondary N) is 1. The van der Waals surface area contributed by atoms with Gasteiger partial charge >= 0.3 is 0 Å². The maximum absolute atomic E-state index is 13.2. The van der Waals surface area contributed by atoms with Crippen LogP contribution in [0.3, 0.4) is 0 Å². The number of benzene rings is 2. The van der Waals surface area contributed by atoms with E-state index in [0.29, 0.717) is 10.7 Å². The zero-order valence-electron chi connectivity index (χ0n) is 8.98. The van der Waals surface area contributed by atoms with Crippen molar-refractivity contribution >= 4 is 56.2 Å². The van der Waals surface area contributed by atoms with E-state index in [1.54, 1.807) is 18.2 Å². The smallest absolute Gasteiger partial charge is 0.143 e. The Kier molecular flexibility index (Phi) is 4.00. The van der Waals surface area contributed by atoms with Gasteiger partial charge in [0.05, 0.1) is 22.1 Å². The highest BCUT2D eigenvalue weighted by Crippen LogP contribution is 2.33. The molecule has 0 amide bonds. The van der Waals surface area contributed by atoms with Crippen molar-refractivity contribution in [1.29, 1.82) is 0 Å². The minimum Gasteiger partial charge on any atom is -0.397 e. The molecule has 0 fully saturated rings.